The number of aryl methyl sites for hydroxylation is 2. The molecule has 1 fully saturated rings. The van der Waals surface area contributed by atoms with E-state index in [4.69, 9.17) is 14.7 Å². The molecule has 1 heterocycles. The zero-order valence-electron chi connectivity index (χ0n) is 21.3. The SMILES string of the molecule is COc1cc(C)c(CNCCC2CCC(Nc3nc(N(C)C)c4ccccc4n3)CC2)cc1C. The van der Waals surface area contributed by atoms with Crippen LogP contribution >= 0.6 is 0 Å². The molecule has 0 amide bonds. The van der Waals surface area contributed by atoms with Gasteiger partial charge in [0.25, 0.3) is 0 Å². The Balaban J connectivity index is 1.24. The number of rotatable bonds is 9. The Bertz CT molecular complexity index is 1110. The molecule has 6 nitrogen and oxygen atoms in total. The van der Waals surface area contributed by atoms with E-state index in [1.54, 1.807) is 7.11 Å². The molecule has 0 saturated heterocycles. The van der Waals surface area contributed by atoms with Crippen LogP contribution in [0.25, 0.3) is 10.9 Å². The minimum atomic E-state index is 0.449. The number of nitrogens with zero attached hydrogens (tertiary/aromatic N) is 3. The summed E-state index contributed by atoms with van der Waals surface area (Å²) in [6.07, 6.45) is 6.10. The van der Waals surface area contributed by atoms with Gasteiger partial charge in [-0.05, 0) is 93.3 Å². The van der Waals surface area contributed by atoms with Crippen molar-refractivity contribution in [3.05, 3.63) is 53.1 Å². The lowest BCUT2D eigenvalue weighted by Gasteiger charge is -2.29. The quantitative estimate of drug-likeness (QED) is 0.412. The molecular weight excluding hydrogens is 422 g/mol. The summed E-state index contributed by atoms with van der Waals surface area (Å²) in [6.45, 7) is 6.25. The number of aromatic nitrogens is 2. The van der Waals surface area contributed by atoms with E-state index in [1.807, 2.05) is 26.2 Å². The highest BCUT2D eigenvalue weighted by Crippen LogP contribution is 2.30. The molecule has 0 radical (unpaired) electrons. The largest absolute Gasteiger partial charge is 0.496 e. The smallest absolute Gasteiger partial charge is 0.225 e. The topological polar surface area (TPSA) is 62.3 Å². The van der Waals surface area contributed by atoms with E-state index in [9.17, 15) is 0 Å². The highest BCUT2D eigenvalue weighted by atomic mass is 16.5. The monoisotopic (exact) mass is 461 g/mol. The van der Waals surface area contributed by atoms with Crippen molar-refractivity contribution in [2.24, 2.45) is 5.92 Å². The number of hydrogen-bond donors (Lipinski definition) is 2. The molecule has 0 unspecified atom stereocenters. The third-order valence-corrected chi connectivity index (χ3v) is 7.08. The van der Waals surface area contributed by atoms with E-state index in [-0.39, 0.29) is 0 Å². The van der Waals surface area contributed by atoms with Crippen LogP contribution < -0.4 is 20.3 Å². The van der Waals surface area contributed by atoms with Crippen LogP contribution in [0.4, 0.5) is 11.8 Å². The normalized spacial score (nSPS) is 18.1. The summed E-state index contributed by atoms with van der Waals surface area (Å²) in [7, 11) is 5.81. The average molecular weight is 462 g/mol. The summed E-state index contributed by atoms with van der Waals surface area (Å²) < 4.78 is 5.43. The second kappa shape index (κ2) is 11.0. The van der Waals surface area contributed by atoms with Crippen molar-refractivity contribution in [1.82, 2.24) is 15.3 Å². The second-order valence-electron chi connectivity index (χ2n) is 9.86. The molecule has 0 spiro atoms. The minimum absolute atomic E-state index is 0.449. The van der Waals surface area contributed by atoms with Gasteiger partial charge in [0.15, 0.2) is 0 Å². The zero-order valence-corrected chi connectivity index (χ0v) is 21.3. The number of methoxy groups -OCH3 is 1. The number of fused-ring (bicyclic) bond motifs is 1. The van der Waals surface area contributed by atoms with Crippen LogP contribution in [0.1, 0.15) is 48.8 Å². The summed E-state index contributed by atoms with van der Waals surface area (Å²) in [6, 6.07) is 13.1. The molecule has 2 aromatic carbocycles. The molecule has 4 rings (SSSR count). The van der Waals surface area contributed by atoms with E-state index in [0.717, 1.165) is 47.4 Å². The van der Waals surface area contributed by atoms with Crippen molar-refractivity contribution in [2.45, 2.75) is 58.5 Å². The van der Waals surface area contributed by atoms with Gasteiger partial charge in [0.05, 0.1) is 12.6 Å². The van der Waals surface area contributed by atoms with Crippen LogP contribution in [-0.4, -0.2) is 43.8 Å². The number of hydrogen-bond acceptors (Lipinski definition) is 6. The van der Waals surface area contributed by atoms with E-state index in [2.05, 4.69) is 53.6 Å². The van der Waals surface area contributed by atoms with Gasteiger partial charge in [0.2, 0.25) is 5.95 Å². The fraction of sp³-hybridized carbons (Fsp3) is 0.500. The van der Waals surface area contributed by atoms with Gasteiger partial charge in [-0.15, -0.1) is 0 Å². The zero-order chi connectivity index (χ0) is 24.1. The Morgan fingerprint density at radius 2 is 1.76 bits per heavy atom. The lowest BCUT2D eigenvalue weighted by molar-refractivity contribution is 0.316. The first-order valence-corrected chi connectivity index (χ1v) is 12.5. The number of anilines is 2. The molecule has 34 heavy (non-hydrogen) atoms. The molecule has 0 atom stereocenters. The van der Waals surface area contributed by atoms with Gasteiger partial charge >= 0.3 is 0 Å². The Morgan fingerprint density at radius 3 is 2.50 bits per heavy atom. The molecule has 0 aliphatic heterocycles. The maximum Gasteiger partial charge on any atom is 0.225 e. The number of para-hydroxylation sites is 1. The Hall–Kier alpha value is -2.86. The molecule has 3 aromatic rings. The third-order valence-electron chi connectivity index (χ3n) is 7.08. The Labute approximate surface area is 204 Å². The van der Waals surface area contributed by atoms with Crippen molar-refractivity contribution in [3.8, 4) is 5.75 Å². The van der Waals surface area contributed by atoms with Gasteiger partial charge in [-0.1, -0.05) is 18.2 Å². The summed E-state index contributed by atoms with van der Waals surface area (Å²) in [5.74, 6) is 3.48. The molecule has 1 aromatic heterocycles. The molecular formula is C28H39N5O. The first kappa shape index (κ1) is 24.3. The van der Waals surface area contributed by atoms with Gasteiger partial charge in [0, 0.05) is 32.1 Å². The highest BCUT2D eigenvalue weighted by molar-refractivity contribution is 5.90. The summed E-state index contributed by atoms with van der Waals surface area (Å²) in [4.78, 5) is 11.7. The third kappa shape index (κ3) is 5.79. The fourth-order valence-corrected chi connectivity index (χ4v) is 5.03. The van der Waals surface area contributed by atoms with Crippen LogP contribution in [-0.2, 0) is 6.54 Å². The van der Waals surface area contributed by atoms with Gasteiger partial charge in [-0.3, -0.25) is 0 Å². The van der Waals surface area contributed by atoms with Crippen molar-refractivity contribution in [3.63, 3.8) is 0 Å². The Morgan fingerprint density at radius 1 is 1.00 bits per heavy atom. The number of ether oxygens (including phenoxy) is 1. The first-order valence-electron chi connectivity index (χ1n) is 12.5. The van der Waals surface area contributed by atoms with Crippen LogP contribution in [0.5, 0.6) is 5.75 Å². The first-order chi connectivity index (χ1) is 16.4. The van der Waals surface area contributed by atoms with E-state index in [1.165, 1.54) is 48.8 Å². The maximum absolute atomic E-state index is 5.43. The van der Waals surface area contributed by atoms with Crippen molar-refractivity contribution in [1.29, 1.82) is 0 Å². The number of benzene rings is 2. The fourth-order valence-electron chi connectivity index (χ4n) is 5.03. The predicted octanol–water partition coefficient (Wildman–Crippen LogP) is 5.47. The molecule has 182 valence electrons. The van der Waals surface area contributed by atoms with Crippen LogP contribution in [0.15, 0.2) is 36.4 Å². The minimum Gasteiger partial charge on any atom is -0.496 e. The molecule has 0 bridgehead atoms. The molecule has 1 aliphatic rings. The van der Waals surface area contributed by atoms with Gasteiger partial charge in [-0.25, -0.2) is 4.98 Å². The molecule has 1 aliphatic carbocycles. The second-order valence-corrected chi connectivity index (χ2v) is 9.86. The van der Waals surface area contributed by atoms with Crippen molar-refractivity contribution < 1.29 is 4.74 Å². The standard InChI is InChI=1S/C28H39N5O/c1-19-17-26(34-5)20(2)16-22(19)18-29-15-14-21-10-12-23(13-11-21)30-28-31-25-9-7-6-8-24(25)27(32-28)33(3)4/h6-9,16-17,21,23,29H,10-15,18H2,1-5H3,(H,30,31,32). The maximum atomic E-state index is 5.43. The summed E-state index contributed by atoms with van der Waals surface area (Å²) >= 11 is 0. The summed E-state index contributed by atoms with van der Waals surface area (Å²) in [5, 5.41) is 8.37. The molecule has 1 saturated carbocycles. The number of nitrogens with one attached hydrogen (secondary N) is 2. The lowest BCUT2D eigenvalue weighted by Crippen LogP contribution is -2.28. The molecule has 6 heteroatoms. The van der Waals surface area contributed by atoms with Crippen molar-refractivity contribution in [2.75, 3.05) is 38.0 Å². The van der Waals surface area contributed by atoms with E-state index < -0.39 is 0 Å². The van der Waals surface area contributed by atoms with E-state index in [0.29, 0.717) is 6.04 Å². The van der Waals surface area contributed by atoms with Gasteiger partial charge < -0.3 is 20.3 Å². The van der Waals surface area contributed by atoms with Crippen LogP contribution in [0.3, 0.4) is 0 Å². The molecule has 2 N–H and O–H groups in total. The highest BCUT2D eigenvalue weighted by Gasteiger charge is 2.22. The van der Waals surface area contributed by atoms with Gasteiger partial charge in [-0.2, -0.15) is 4.98 Å². The lowest BCUT2D eigenvalue weighted by atomic mass is 9.84. The average Bonchev–Trinajstić information content (AvgIpc) is 2.84. The van der Waals surface area contributed by atoms with Crippen LogP contribution in [0.2, 0.25) is 0 Å². The van der Waals surface area contributed by atoms with E-state index >= 15 is 0 Å². The van der Waals surface area contributed by atoms with Gasteiger partial charge in [0.1, 0.15) is 11.6 Å². The summed E-state index contributed by atoms with van der Waals surface area (Å²) in [5.41, 5.74) is 4.84. The predicted molar refractivity (Wildman–Crippen MR) is 142 cm³/mol. The van der Waals surface area contributed by atoms with Crippen molar-refractivity contribution >= 4 is 22.7 Å². The Kier molecular flexibility index (Phi) is 7.88. The van der Waals surface area contributed by atoms with Crippen LogP contribution in [0, 0.1) is 19.8 Å².